The molecular weight excluding hydrogens is 420 g/mol. The van der Waals surface area contributed by atoms with Gasteiger partial charge in [-0.2, -0.15) is 0 Å². The molecule has 1 aliphatic carbocycles. The number of nitrogens with zero attached hydrogens (tertiary/aromatic N) is 1. The third kappa shape index (κ3) is 9.43. The maximum Gasteiger partial charge on any atom is 0.333 e. The van der Waals surface area contributed by atoms with E-state index in [0.29, 0.717) is 25.6 Å². The van der Waals surface area contributed by atoms with Gasteiger partial charge in [-0.05, 0) is 30.9 Å². The summed E-state index contributed by atoms with van der Waals surface area (Å²) in [7, 11) is -1.35. The zero-order valence-corrected chi connectivity index (χ0v) is 21.3. The molecule has 1 aromatic carbocycles. The van der Waals surface area contributed by atoms with E-state index in [1.54, 1.807) is 6.92 Å². The van der Waals surface area contributed by atoms with Crippen LogP contribution in [0.1, 0.15) is 57.4 Å². The monoisotopic (exact) mass is 462 g/mol. The Hall–Kier alpha value is -1.70. The van der Waals surface area contributed by atoms with Crippen LogP contribution < -0.4 is 5.84 Å². The lowest BCUT2D eigenvalue weighted by atomic mass is 9.86. The standard InChI is InChI=1S/C25H42N2O4Si/c1-20(31-19-22-13-9-6-10-14-22)24(25(29)30-17-18-32(2,3)4)27(26)23(28)16-15-21-11-7-5-8-12-21/h6,9-10,13-14,20-21,24H,5,7-8,11-12,15-19,26H2,1-4H3/t20?,24-/m0/s1. The summed E-state index contributed by atoms with van der Waals surface area (Å²) in [6, 6.07) is 9.65. The summed E-state index contributed by atoms with van der Waals surface area (Å²) in [5, 5.41) is 1.06. The zero-order chi connectivity index (χ0) is 23.6. The van der Waals surface area contributed by atoms with E-state index in [0.717, 1.165) is 23.0 Å². The van der Waals surface area contributed by atoms with E-state index in [2.05, 4.69) is 19.6 Å². The fourth-order valence-electron chi connectivity index (χ4n) is 4.06. The molecule has 7 heteroatoms. The first kappa shape index (κ1) is 26.5. The van der Waals surface area contributed by atoms with Crippen LogP contribution in [0.15, 0.2) is 30.3 Å². The van der Waals surface area contributed by atoms with E-state index >= 15 is 0 Å². The number of ether oxygens (including phenoxy) is 2. The van der Waals surface area contributed by atoms with Crippen LogP contribution in [0.3, 0.4) is 0 Å². The number of benzene rings is 1. The molecule has 1 fully saturated rings. The van der Waals surface area contributed by atoms with Gasteiger partial charge < -0.3 is 9.47 Å². The molecule has 180 valence electrons. The molecule has 1 saturated carbocycles. The molecular formula is C25H42N2O4Si. The van der Waals surface area contributed by atoms with E-state index < -0.39 is 26.2 Å². The Labute approximate surface area is 194 Å². The maximum atomic E-state index is 13.0. The van der Waals surface area contributed by atoms with Crippen LogP contribution >= 0.6 is 0 Å². The van der Waals surface area contributed by atoms with Crippen molar-refractivity contribution >= 4 is 20.0 Å². The summed E-state index contributed by atoms with van der Waals surface area (Å²) in [4.78, 5) is 25.9. The Morgan fingerprint density at radius 2 is 1.78 bits per heavy atom. The maximum absolute atomic E-state index is 13.0. The number of hydrogen-bond acceptors (Lipinski definition) is 5. The molecule has 1 aliphatic rings. The summed E-state index contributed by atoms with van der Waals surface area (Å²) in [6.45, 7) is 9.16. The van der Waals surface area contributed by atoms with Crippen molar-refractivity contribution < 1.29 is 19.1 Å². The second-order valence-electron chi connectivity index (χ2n) is 10.3. The number of carbonyl (C=O) groups excluding carboxylic acids is 2. The van der Waals surface area contributed by atoms with Gasteiger partial charge in [0.05, 0.1) is 19.3 Å². The molecule has 0 saturated heterocycles. The normalized spacial score (nSPS) is 16.9. The first-order chi connectivity index (χ1) is 15.2. The first-order valence-corrected chi connectivity index (χ1v) is 15.8. The molecule has 2 atom stereocenters. The lowest BCUT2D eigenvalue weighted by Gasteiger charge is -2.31. The number of hydrogen-bond donors (Lipinski definition) is 1. The fraction of sp³-hybridized carbons (Fsp3) is 0.680. The van der Waals surface area contributed by atoms with Gasteiger partial charge in [0.15, 0.2) is 6.04 Å². The molecule has 2 rings (SSSR count). The minimum atomic E-state index is -1.35. The molecule has 6 nitrogen and oxygen atoms in total. The largest absolute Gasteiger partial charge is 0.464 e. The molecule has 2 N–H and O–H groups in total. The predicted molar refractivity (Wildman–Crippen MR) is 130 cm³/mol. The number of hydrazine groups is 1. The highest BCUT2D eigenvalue weighted by Gasteiger charge is 2.35. The number of amides is 1. The van der Waals surface area contributed by atoms with Gasteiger partial charge in [0, 0.05) is 14.5 Å². The molecule has 0 heterocycles. The van der Waals surface area contributed by atoms with Gasteiger partial charge in [-0.25, -0.2) is 10.6 Å². The average Bonchev–Trinajstić information content (AvgIpc) is 2.76. The zero-order valence-electron chi connectivity index (χ0n) is 20.3. The topological polar surface area (TPSA) is 81.9 Å². The van der Waals surface area contributed by atoms with E-state index in [1.165, 1.54) is 32.1 Å². The second kappa shape index (κ2) is 13.1. The molecule has 0 spiro atoms. The Balaban J connectivity index is 1.99. The molecule has 0 aromatic heterocycles. The van der Waals surface area contributed by atoms with Crippen molar-refractivity contribution in [1.82, 2.24) is 5.01 Å². The van der Waals surface area contributed by atoms with Crippen LogP contribution in [0.5, 0.6) is 0 Å². The second-order valence-corrected chi connectivity index (χ2v) is 15.9. The minimum Gasteiger partial charge on any atom is -0.464 e. The van der Waals surface area contributed by atoms with Gasteiger partial charge in [-0.3, -0.25) is 9.80 Å². The quantitative estimate of drug-likeness (QED) is 0.157. The highest BCUT2D eigenvalue weighted by atomic mass is 28.3. The number of carbonyl (C=O) groups is 2. The molecule has 0 aliphatic heterocycles. The highest BCUT2D eigenvalue weighted by molar-refractivity contribution is 6.76. The van der Waals surface area contributed by atoms with Gasteiger partial charge in [-0.1, -0.05) is 82.1 Å². The number of esters is 1. The lowest BCUT2D eigenvalue weighted by molar-refractivity contribution is -0.162. The summed E-state index contributed by atoms with van der Waals surface area (Å²) >= 11 is 0. The van der Waals surface area contributed by atoms with Crippen LogP contribution in [0, 0.1) is 5.92 Å². The van der Waals surface area contributed by atoms with Crippen molar-refractivity contribution in [2.75, 3.05) is 6.61 Å². The Kier molecular flexibility index (Phi) is 10.9. The molecule has 0 bridgehead atoms. The van der Waals surface area contributed by atoms with Crippen molar-refractivity contribution in [1.29, 1.82) is 0 Å². The van der Waals surface area contributed by atoms with Crippen molar-refractivity contribution in [2.24, 2.45) is 11.8 Å². The van der Waals surface area contributed by atoms with Crippen LogP contribution in [0.2, 0.25) is 25.7 Å². The SMILES string of the molecule is CC(OCc1ccccc1)[C@@H](C(=O)OCC[Si](C)(C)C)N(N)C(=O)CCC1CCCCC1. The predicted octanol–water partition coefficient (Wildman–Crippen LogP) is 4.90. The van der Waals surface area contributed by atoms with E-state index in [4.69, 9.17) is 15.3 Å². The van der Waals surface area contributed by atoms with Gasteiger partial charge in [0.1, 0.15) is 0 Å². The summed E-state index contributed by atoms with van der Waals surface area (Å²) in [5.41, 5.74) is 0.998. The van der Waals surface area contributed by atoms with E-state index in [1.807, 2.05) is 30.3 Å². The summed E-state index contributed by atoms with van der Waals surface area (Å²) in [6.07, 6.45) is 6.71. The van der Waals surface area contributed by atoms with Gasteiger partial charge >= 0.3 is 5.97 Å². The summed E-state index contributed by atoms with van der Waals surface area (Å²) < 4.78 is 11.5. The number of nitrogens with two attached hydrogens (primary N) is 1. The minimum absolute atomic E-state index is 0.224. The van der Waals surface area contributed by atoms with Gasteiger partial charge in [0.2, 0.25) is 5.91 Å². The van der Waals surface area contributed by atoms with Crippen molar-refractivity contribution in [3.8, 4) is 0 Å². The summed E-state index contributed by atoms with van der Waals surface area (Å²) in [5.74, 6) is 6.08. The average molecular weight is 463 g/mol. The van der Waals surface area contributed by atoms with Crippen LogP contribution in [0.4, 0.5) is 0 Å². The smallest absolute Gasteiger partial charge is 0.333 e. The Bertz CT molecular complexity index is 702. The molecule has 1 amide bonds. The molecule has 32 heavy (non-hydrogen) atoms. The van der Waals surface area contributed by atoms with Crippen molar-refractivity contribution in [3.63, 3.8) is 0 Å². The van der Waals surface area contributed by atoms with Crippen LogP contribution in [-0.4, -0.2) is 43.7 Å². The van der Waals surface area contributed by atoms with Crippen LogP contribution in [0.25, 0.3) is 0 Å². The van der Waals surface area contributed by atoms with Crippen molar-refractivity contribution in [3.05, 3.63) is 35.9 Å². The molecule has 0 radical (unpaired) electrons. The fourth-order valence-corrected chi connectivity index (χ4v) is 4.77. The van der Waals surface area contributed by atoms with Crippen LogP contribution in [-0.2, 0) is 25.7 Å². The van der Waals surface area contributed by atoms with Crippen molar-refractivity contribution in [2.45, 2.75) is 96.3 Å². The third-order valence-electron chi connectivity index (χ3n) is 6.22. The van der Waals surface area contributed by atoms with E-state index in [9.17, 15) is 9.59 Å². The highest BCUT2D eigenvalue weighted by Crippen LogP contribution is 2.27. The number of rotatable bonds is 12. The Morgan fingerprint density at radius 1 is 1.12 bits per heavy atom. The molecule has 1 unspecified atom stereocenters. The van der Waals surface area contributed by atoms with E-state index in [-0.39, 0.29) is 5.91 Å². The lowest BCUT2D eigenvalue weighted by Crippen LogP contribution is -2.55. The Morgan fingerprint density at radius 3 is 2.41 bits per heavy atom. The van der Waals surface area contributed by atoms with Gasteiger partial charge in [-0.15, -0.1) is 0 Å². The van der Waals surface area contributed by atoms with Gasteiger partial charge in [0.25, 0.3) is 0 Å². The molecule has 1 aromatic rings. The first-order valence-electron chi connectivity index (χ1n) is 12.1. The third-order valence-corrected chi connectivity index (χ3v) is 7.92.